The zero-order chi connectivity index (χ0) is 23.0. The Bertz CT molecular complexity index is 1060. The van der Waals surface area contributed by atoms with Crippen LogP contribution in [0, 0.1) is 5.92 Å². The number of esters is 1. The number of benzene rings is 2. The fourth-order valence-electron chi connectivity index (χ4n) is 3.82. The van der Waals surface area contributed by atoms with E-state index in [1.807, 2.05) is 66.4 Å². The molecule has 172 valence electrons. The molecular weight excluding hydrogens is 438 g/mol. The zero-order valence-corrected chi connectivity index (χ0v) is 19.4. The SMILES string of the molecule is CCOC(=O)C1CCN(C(=O)Cc2ccc(Oc3nc(Cc4ccccc4)ns3)cc2)CC1. The van der Waals surface area contributed by atoms with E-state index in [9.17, 15) is 9.59 Å². The summed E-state index contributed by atoms with van der Waals surface area (Å²) in [5, 5.41) is 0.495. The van der Waals surface area contributed by atoms with E-state index in [4.69, 9.17) is 9.47 Å². The summed E-state index contributed by atoms with van der Waals surface area (Å²) in [4.78, 5) is 30.8. The van der Waals surface area contributed by atoms with E-state index in [-0.39, 0.29) is 17.8 Å². The van der Waals surface area contributed by atoms with E-state index in [0.717, 1.165) is 17.0 Å². The lowest BCUT2D eigenvalue weighted by Crippen LogP contribution is -2.41. The lowest BCUT2D eigenvalue weighted by Gasteiger charge is -2.31. The van der Waals surface area contributed by atoms with Gasteiger partial charge in [0.1, 0.15) is 5.75 Å². The van der Waals surface area contributed by atoms with Crippen molar-refractivity contribution in [2.24, 2.45) is 5.92 Å². The third-order valence-corrected chi connectivity index (χ3v) is 6.24. The summed E-state index contributed by atoms with van der Waals surface area (Å²) in [6.07, 6.45) is 2.31. The van der Waals surface area contributed by atoms with Gasteiger partial charge in [-0.15, -0.1) is 0 Å². The van der Waals surface area contributed by atoms with Gasteiger partial charge in [-0.05, 0) is 43.0 Å². The highest BCUT2D eigenvalue weighted by atomic mass is 32.1. The predicted molar refractivity (Wildman–Crippen MR) is 125 cm³/mol. The third-order valence-electron chi connectivity index (χ3n) is 5.61. The molecule has 7 nitrogen and oxygen atoms in total. The molecule has 1 fully saturated rings. The van der Waals surface area contributed by atoms with Crippen molar-refractivity contribution >= 4 is 23.4 Å². The Morgan fingerprint density at radius 1 is 1.03 bits per heavy atom. The van der Waals surface area contributed by atoms with Crippen LogP contribution >= 0.6 is 11.5 Å². The number of hydrogen-bond acceptors (Lipinski definition) is 7. The molecule has 1 aromatic heterocycles. The first kappa shape index (κ1) is 22.9. The maximum atomic E-state index is 12.7. The molecular formula is C25H27N3O4S. The lowest BCUT2D eigenvalue weighted by molar-refractivity contribution is -0.151. The number of hydrogen-bond donors (Lipinski definition) is 0. The van der Waals surface area contributed by atoms with Crippen molar-refractivity contribution in [3.63, 3.8) is 0 Å². The van der Waals surface area contributed by atoms with Crippen molar-refractivity contribution in [3.05, 3.63) is 71.5 Å². The highest BCUT2D eigenvalue weighted by Gasteiger charge is 2.28. The second-order valence-electron chi connectivity index (χ2n) is 7.97. The quantitative estimate of drug-likeness (QED) is 0.462. The van der Waals surface area contributed by atoms with Crippen LogP contribution in [0.3, 0.4) is 0 Å². The van der Waals surface area contributed by atoms with Crippen LogP contribution in [0.5, 0.6) is 10.9 Å². The van der Waals surface area contributed by atoms with Gasteiger partial charge in [0.25, 0.3) is 5.19 Å². The zero-order valence-electron chi connectivity index (χ0n) is 18.6. The Labute approximate surface area is 197 Å². The maximum absolute atomic E-state index is 12.7. The number of rotatable bonds is 8. The molecule has 0 spiro atoms. The normalized spacial score (nSPS) is 14.2. The third kappa shape index (κ3) is 6.38. The molecule has 0 atom stereocenters. The predicted octanol–water partition coefficient (Wildman–Crippen LogP) is 4.27. The number of nitrogens with zero attached hydrogens (tertiary/aromatic N) is 3. The number of aromatic nitrogens is 2. The van der Waals surface area contributed by atoms with E-state index in [0.29, 0.717) is 56.3 Å². The van der Waals surface area contributed by atoms with Gasteiger partial charge in [-0.25, -0.2) is 0 Å². The molecule has 4 rings (SSSR count). The van der Waals surface area contributed by atoms with Gasteiger partial charge in [-0.3, -0.25) is 9.59 Å². The Kier molecular flexibility index (Phi) is 7.67. The summed E-state index contributed by atoms with van der Waals surface area (Å²) in [6, 6.07) is 17.5. The van der Waals surface area contributed by atoms with Crippen molar-refractivity contribution in [1.29, 1.82) is 0 Å². The monoisotopic (exact) mass is 465 g/mol. The molecule has 1 aliphatic rings. The molecule has 1 aliphatic heterocycles. The van der Waals surface area contributed by atoms with Gasteiger partial charge < -0.3 is 14.4 Å². The topological polar surface area (TPSA) is 81.6 Å². The minimum absolute atomic E-state index is 0.0701. The highest BCUT2D eigenvalue weighted by molar-refractivity contribution is 7.07. The Balaban J connectivity index is 1.26. The molecule has 8 heteroatoms. The molecule has 0 bridgehead atoms. The van der Waals surface area contributed by atoms with Gasteiger partial charge in [-0.1, -0.05) is 42.5 Å². The first-order valence-electron chi connectivity index (χ1n) is 11.2. The molecule has 3 aromatic rings. The van der Waals surface area contributed by atoms with Crippen molar-refractivity contribution < 1.29 is 19.1 Å². The average Bonchev–Trinajstić information content (AvgIpc) is 3.28. The molecule has 33 heavy (non-hydrogen) atoms. The largest absolute Gasteiger partial charge is 0.466 e. The summed E-state index contributed by atoms with van der Waals surface area (Å²) in [5.74, 6) is 1.21. The van der Waals surface area contributed by atoms with Crippen LogP contribution in [-0.4, -0.2) is 45.8 Å². The van der Waals surface area contributed by atoms with E-state index in [2.05, 4.69) is 9.36 Å². The number of likely N-dealkylation sites (tertiary alicyclic amines) is 1. The van der Waals surface area contributed by atoms with Crippen LogP contribution in [0.4, 0.5) is 0 Å². The lowest BCUT2D eigenvalue weighted by atomic mass is 9.96. The van der Waals surface area contributed by atoms with Crippen molar-refractivity contribution in [3.8, 4) is 10.9 Å². The van der Waals surface area contributed by atoms with Gasteiger partial charge in [0.05, 0.1) is 18.9 Å². The molecule has 1 amide bonds. The van der Waals surface area contributed by atoms with Crippen molar-refractivity contribution in [2.45, 2.75) is 32.6 Å². The Morgan fingerprint density at radius 3 is 2.45 bits per heavy atom. The van der Waals surface area contributed by atoms with E-state index in [1.165, 1.54) is 11.5 Å². The van der Waals surface area contributed by atoms with Gasteiger partial charge in [0.2, 0.25) is 5.91 Å². The van der Waals surface area contributed by atoms with Gasteiger partial charge in [0, 0.05) is 31.0 Å². The number of piperidine rings is 1. The second kappa shape index (κ2) is 11.0. The van der Waals surface area contributed by atoms with Crippen molar-refractivity contribution in [2.75, 3.05) is 19.7 Å². The Morgan fingerprint density at radius 2 is 1.76 bits per heavy atom. The first-order valence-corrected chi connectivity index (χ1v) is 12.0. The fourth-order valence-corrected chi connectivity index (χ4v) is 4.39. The molecule has 0 N–H and O–H groups in total. The van der Waals surface area contributed by atoms with E-state index in [1.54, 1.807) is 0 Å². The molecule has 1 saturated heterocycles. The highest BCUT2D eigenvalue weighted by Crippen LogP contribution is 2.25. The van der Waals surface area contributed by atoms with Crippen LogP contribution in [0.15, 0.2) is 54.6 Å². The molecule has 0 radical (unpaired) electrons. The van der Waals surface area contributed by atoms with Crippen LogP contribution in [-0.2, 0) is 27.2 Å². The summed E-state index contributed by atoms with van der Waals surface area (Å²) >= 11 is 1.23. The van der Waals surface area contributed by atoms with Crippen molar-refractivity contribution in [1.82, 2.24) is 14.3 Å². The van der Waals surface area contributed by atoms with Crippen LogP contribution in [0.25, 0.3) is 0 Å². The summed E-state index contributed by atoms with van der Waals surface area (Å²) < 4.78 is 15.3. The minimum Gasteiger partial charge on any atom is -0.466 e. The number of amides is 1. The van der Waals surface area contributed by atoms with E-state index >= 15 is 0 Å². The maximum Gasteiger partial charge on any atom is 0.309 e. The number of ether oxygens (including phenoxy) is 2. The summed E-state index contributed by atoms with van der Waals surface area (Å²) in [7, 11) is 0. The molecule has 0 aliphatic carbocycles. The second-order valence-corrected chi connectivity index (χ2v) is 8.68. The smallest absolute Gasteiger partial charge is 0.309 e. The van der Waals surface area contributed by atoms with Gasteiger partial charge in [0.15, 0.2) is 5.82 Å². The first-order chi connectivity index (χ1) is 16.1. The van der Waals surface area contributed by atoms with Gasteiger partial charge in [-0.2, -0.15) is 9.36 Å². The fraction of sp³-hybridized carbons (Fsp3) is 0.360. The Hall–Kier alpha value is -3.26. The molecule has 0 unspecified atom stereocenters. The van der Waals surface area contributed by atoms with E-state index < -0.39 is 0 Å². The standard InChI is InChI=1S/C25H27N3O4S/c1-2-31-24(30)20-12-14-28(15-13-20)23(29)17-19-8-10-21(11-9-19)32-25-26-22(27-33-25)16-18-6-4-3-5-7-18/h3-11,20H,2,12-17H2,1H3. The average molecular weight is 466 g/mol. The minimum atomic E-state index is -0.150. The molecule has 2 aromatic carbocycles. The number of carbonyl (C=O) groups is 2. The molecule has 2 heterocycles. The number of carbonyl (C=O) groups excluding carboxylic acids is 2. The summed E-state index contributed by atoms with van der Waals surface area (Å²) in [5.41, 5.74) is 2.07. The van der Waals surface area contributed by atoms with Crippen LogP contribution in [0.1, 0.15) is 36.7 Å². The summed E-state index contributed by atoms with van der Waals surface area (Å²) in [6.45, 7) is 3.38. The van der Waals surface area contributed by atoms with Crippen LogP contribution < -0.4 is 4.74 Å². The van der Waals surface area contributed by atoms with Crippen LogP contribution in [0.2, 0.25) is 0 Å². The van der Waals surface area contributed by atoms with Gasteiger partial charge >= 0.3 is 5.97 Å². The molecule has 0 saturated carbocycles.